The van der Waals surface area contributed by atoms with Crippen molar-refractivity contribution in [3.63, 3.8) is 0 Å². The van der Waals surface area contributed by atoms with Crippen LogP contribution in [0.25, 0.3) is 55.9 Å². The molecule has 10 nitrogen and oxygen atoms in total. The highest BCUT2D eigenvalue weighted by molar-refractivity contribution is 5.90. The smallest absolute Gasteiger partial charge is 0.197 e. The molecule has 0 spiro atoms. The Morgan fingerprint density at radius 3 is 1.43 bits per heavy atom. The molecular weight excluding hydrogens is 524 g/mol. The zero-order chi connectivity index (χ0) is 29.9. The van der Waals surface area contributed by atoms with Crippen molar-refractivity contribution in [2.24, 2.45) is 11.5 Å². The van der Waals surface area contributed by atoms with E-state index in [0.717, 1.165) is 83.5 Å². The number of aryl methyl sites for hydroxylation is 2. The van der Waals surface area contributed by atoms with E-state index in [1.165, 1.54) is 0 Å². The maximum atomic E-state index is 5.60. The molecule has 0 saturated heterocycles. The van der Waals surface area contributed by atoms with Gasteiger partial charge < -0.3 is 21.4 Å². The average molecular weight is 575 g/mol. The minimum absolute atomic E-state index is 0. The van der Waals surface area contributed by atoms with Crippen molar-refractivity contribution in [2.45, 2.75) is 66.2 Å². The van der Waals surface area contributed by atoms with Gasteiger partial charge in [-0.3, -0.25) is 0 Å². The molecule has 0 bridgehead atoms. The minimum atomic E-state index is 0. The minimum Gasteiger partial charge on any atom is -0.330 e. The molecule has 228 valence electrons. The standard InChI is InChI=1S/C28H30N10.2C2H6.4H2/c29-11-3-1-5-23-35-25-27(37-23)33-21(15-31-25)19-9-7-18-14-20(10-8-17(18)13-19)22-16-32-26-28(34-22)38-24(36-26)6-2-4-12-30;2*1-2;;;;/h7-10,13-16H,1-6,11-12,29-30H2,(H,31,33,35,37)(H,32,34,36,38);2*1-2H3;4*1H. The van der Waals surface area contributed by atoms with Crippen LogP contribution in [0.4, 0.5) is 0 Å². The second-order valence-corrected chi connectivity index (χ2v) is 9.49. The van der Waals surface area contributed by atoms with Crippen LogP contribution in [0.3, 0.4) is 0 Å². The number of nitrogens with one attached hydrogen (secondary N) is 2. The third-order valence-corrected chi connectivity index (χ3v) is 6.68. The van der Waals surface area contributed by atoms with Crippen molar-refractivity contribution in [1.82, 2.24) is 39.9 Å². The van der Waals surface area contributed by atoms with E-state index in [2.05, 4.69) is 66.3 Å². The maximum Gasteiger partial charge on any atom is 0.197 e. The van der Waals surface area contributed by atoms with Crippen LogP contribution in [-0.2, 0) is 12.8 Å². The van der Waals surface area contributed by atoms with E-state index < -0.39 is 0 Å². The SMILES string of the molecule is CC.CC.NCCCCc1nc2ncc(-c3ccc4cc(-c5cnc6nc(CCCCN)[nH]c6n5)ccc4c3)nc2[nH]1.[HH].[HH].[HH].[HH]. The Hall–Kier alpha value is -4.28. The van der Waals surface area contributed by atoms with E-state index in [1.807, 2.05) is 27.7 Å². The summed E-state index contributed by atoms with van der Waals surface area (Å²) in [6.07, 6.45) is 9.18. The molecule has 2 aromatic carbocycles. The first-order valence-electron chi connectivity index (χ1n) is 15.1. The third-order valence-electron chi connectivity index (χ3n) is 6.68. The molecule has 4 aromatic heterocycles. The number of fused-ring (bicyclic) bond motifs is 3. The molecule has 10 heteroatoms. The largest absolute Gasteiger partial charge is 0.330 e. The van der Waals surface area contributed by atoms with Gasteiger partial charge in [0.1, 0.15) is 11.6 Å². The summed E-state index contributed by atoms with van der Waals surface area (Å²) in [5.41, 5.74) is 17.5. The fourth-order valence-electron chi connectivity index (χ4n) is 4.63. The number of hydrogen-bond acceptors (Lipinski definition) is 8. The fourth-order valence-corrected chi connectivity index (χ4v) is 4.63. The Kier molecular flexibility index (Phi) is 11.0. The summed E-state index contributed by atoms with van der Waals surface area (Å²) in [7, 11) is 0. The molecule has 0 aliphatic heterocycles. The molecule has 6 N–H and O–H groups in total. The summed E-state index contributed by atoms with van der Waals surface area (Å²) in [5.74, 6) is 1.80. The molecule has 6 rings (SSSR count). The highest BCUT2D eigenvalue weighted by Crippen LogP contribution is 2.28. The number of nitrogens with zero attached hydrogens (tertiary/aromatic N) is 6. The first-order valence-corrected chi connectivity index (χ1v) is 15.1. The van der Waals surface area contributed by atoms with Gasteiger partial charge >= 0.3 is 0 Å². The molecule has 0 atom stereocenters. The maximum absolute atomic E-state index is 5.60. The van der Waals surface area contributed by atoms with Gasteiger partial charge in [0, 0.05) is 29.7 Å². The van der Waals surface area contributed by atoms with Gasteiger partial charge in [0.25, 0.3) is 0 Å². The van der Waals surface area contributed by atoms with Crippen LogP contribution < -0.4 is 11.5 Å². The molecule has 0 radical (unpaired) electrons. The zero-order valence-electron chi connectivity index (χ0n) is 25.1. The van der Waals surface area contributed by atoms with Gasteiger partial charge in [-0.05, 0) is 61.7 Å². The zero-order valence-corrected chi connectivity index (χ0v) is 25.1. The lowest BCUT2D eigenvalue weighted by Crippen LogP contribution is -1.99. The van der Waals surface area contributed by atoms with Crippen molar-refractivity contribution in [3.8, 4) is 22.5 Å². The van der Waals surface area contributed by atoms with E-state index in [1.54, 1.807) is 12.4 Å². The molecule has 42 heavy (non-hydrogen) atoms. The van der Waals surface area contributed by atoms with Crippen molar-refractivity contribution in [3.05, 3.63) is 60.4 Å². The highest BCUT2D eigenvalue weighted by Gasteiger charge is 2.11. The lowest BCUT2D eigenvalue weighted by Gasteiger charge is -2.06. The summed E-state index contributed by atoms with van der Waals surface area (Å²) < 4.78 is 0. The molecule has 0 unspecified atom stereocenters. The second-order valence-electron chi connectivity index (χ2n) is 9.49. The van der Waals surface area contributed by atoms with Gasteiger partial charge in [0.2, 0.25) is 0 Å². The normalized spacial score (nSPS) is 10.9. The van der Waals surface area contributed by atoms with Crippen LogP contribution in [0, 0.1) is 0 Å². The van der Waals surface area contributed by atoms with E-state index in [0.29, 0.717) is 35.7 Å². The third kappa shape index (κ3) is 7.13. The van der Waals surface area contributed by atoms with Gasteiger partial charge in [-0.1, -0.05) is 52.0 Å². The van der Waals surface area contributed by atoms with E-state index in [4.69, 9.17) is 21.4 Å². The summed E-state index contributed by atoms with van der Waals surface area (Å²) in [6, 6.07) is 12.6. The topological polar surface area (TPSA) is 161 Å². The summed E-state index contributed by atoms with van der Waals surface area (Å²) in [6.45, 7) is 9.38. The number of unbranched alkanes of at least 4 members (excludes halogenated alkanes) is 2. The van der Waals surface area contributed by atoms with Crippen molar-refractivity contribution in [1.29, 1.82) is 0 Å². The fraction of sp³-hybridized carbons (Fsp3) is 0.375. The van der Waals surface area contributed by atoms with Crippen LogP contribution in [0.5, 0.6) is 0 Å². The molecule has 0 aliphatic carbocycles. The van der Waals surface area contributed by atoms with E-state index in [9.17, 15) is 0 Å². The number of nitrogens with two attached hydrogens (primary N) is 2. The Balaban J connectivity index is 0.00000244. The van der Waals surface area contributed by atoms with Crippen LogP contribution in [0.1, 0.15) is 70.7 Å². The molecule has 4 heterocycles. The quantitative estimate of drug-likeness (QED) is 0.126. The molecule has 0 saturated carbocycles. The number of rotatable bonds is 10. The van der Waals surface area contributed by atoms with Gasteiger partial charge in [0.15, 0.2) is 22.6 Å². The van der Waals surface area contributed by atoms with E-state index >= 15 is 0 Å². The lowest BCUT2D eigenvalue weighted by atomic mass is 10.0. The van der Waals surface area contributed by atoms with Crippen molar-refractivity contribution >= 4 is 33.4 Å². The first kappa shape index (κ1) is 30.7. The molecule has 6 aromatic rings. The van der Waals surface area contributed by atoms with Crippen LogP contribution >= 0.6 is 0 Å². The van der Waals surface area contributed by atoms with Gasteiger partial charge in [0.05, 0.1) is 23.8 Å². The predicted octanol–water partition coefficient (Wildman–Crippen LogP) is 7.11. The van der Waals surface area contributed by atoms with Crippen LogP contribution in [0.15, 0.2) is 48.8 Å². The van der Waals surface area contributed by atoms with Gasteiger partial charge in [-0.15, -0.1) is 0 Å². The van der Waals surface area contributed by atoms with E-state index in [-0.39, 0.29) is 5.71 Å². The van der Waals surface area contributed by atoms with Crippen LogP contribution in [-0.4, -0.2) is 53.0 Å². The Morgan fingerprint density at radius 1 is 0.595 bits per heavy atom. The number of aromatic nitrogens is 8. The van der Waals surface area contributed by atoms with Gasteiger partial charge in [-0.25, -0.2) is 29.9 Å². The number of hydrogen-bond donors (Lipinski definition) is 4. The molecule has 0 amide bonds. The molecular formula is C32H50N10. The monoisotopic (exact) mass is 574 g/mol. The number of imidazole rings is 2. The average Bonchev–Trinajstić information content (AvgIpc) is 3.65. The first-order chi connectivity index (χ1) is 20.7. The highest BCUT2D eigenvalue weighted by atomic mass is 15.1. The number of H-pyrrole nitrogens is 2. The number of benzene rings is 2. The summed E-state index contributed by atoms with van der Waals surface area (Å²) >= 11 is 0. The number of aromatic amines is 2. The van der Waals surface area contributed by atoms with Gasteiger partial charge in [-0.2, -0.15) is 0 Å². The lowest BCUT2D eigenvalue weighted by molar-refractivity contribution is 0.724. The molecule has 0 aliphatic rings. The second kappa shape index (κ2) is 15.1. The predicted molar refractivity (Wildman–Crippen MR) is 180 cm³/mol. The Labute approximate surface area is 252 Å². The summed E-state index contributed by atoms with van der Waals surface area (Å²) in [4.78, 5) is 34.3. The molecule has 0 fully saturated rings. The Bertz CT molecular complexity index is 1610. The van der Waals surface area contributed by atoms with Crippen LogP contribution in [0.2, 0.25) is 0 Å². The summed E-state index contributed by atoms with van der Waals surface area (Å²) in [5, 5.41) is 2.22. The van der Waals surface area contributed by atoms with Crippen molar-refractivity contribution in [2.75, 3.05) is 13.1 Å². The van der Waals surface area contributed by atoms with Crippen molar-refractivity contribution < 1.29 is 5.71 Å². The Morgan fingerprint density at radius 2 is 1.02 bits per heavy atom.